The lowest BCUT2D eigenvalue weighted by Gasteiger charge is -2.22. The zero-order chi connectivity index (χ0) is 13.3. The lowest BCUT2D eigenvalue weighted by atomic mass is 9.86. The highest BCUT2D eigenvalue weighted by Gasteiger charge is 2.40. The molecule has 1 aromatic carbocycles. The highest BCUT2D eigenvalue weighted by molar-refractivity contribution is 5.85. The van der Waals surface area contributed by atoms with Crippen molar-refractivity contribution >= 4 is 18.1 Å². The molecule has 20 heavy (non-hydrogen) atoms. The first-order chi connectivity index (χ1) is 9.19. The quantitative estimate of drug-likeness (QED) is 0.686. The summed E-state index contributed by atoms with van der Waals surface area (Å²) in [4.78, 5) is 13.1. The Kier molecular flexibility index (Phi) is 4.62. The van der Waals surface area contributed by atoms with Crippen LogP contribution in [0.25, 0.3) is 0 Å². The van der Waals surface area contributed by atoms with Gasteiger partial charge in [-0.25, -0.2) is 0 Å². The van der Waals surface area contributed by atoms with E-state index in [0.29, 0.717) is 12.0 Å². The first kappa shape index (κ1) is 15.2. The van der Waals surface area contributed by atoms with Crippen molar-refractivity contribution in [3.05, 3.63) is 39.9 Å². The summed E-state index contributed by atoms with van der Waals surface area (Å²) in [6.45, 7) is 5.01. The van der Waals surface area contributed by atoms with Crippen LogP contribution >= 0.6 is 12.4 Å². The molecular weight excluding hydrogens is 278 g/mol. The summed E-state index contributed by atoms with van der Waals surface area (Å²) >= 11 is 0. The Hall–Kier alpha value is -1.17. The van der Waals surface area contributed by atoms with E-state index >= 15 is 0 Å². The molecule has 2 heterocycles. The Labute approximate surface area is 124 Å². The van der Waals surface area contributed by atoms with E-state index in [0.717, 1.165) is 31.7 Å². The number of rotatable bonds is 3. The van der Waals surface area contributed by atoms with Crippen LogP contribution in [0, 0.1) is 15.5 Å². The molecule has 2 fully saturated rings. The highest BCUT2D eigenvalue weighted by Crippen LogP contribution is 2.37. The number of nitrogens with zero attached hydrogens (tertiary/aromatic N) is 2. The summed E-state index contributed by atoms with van der Waals surface area (Å²) in [5.41, 5.74) is 1.49. The standard InChI is InChI=1S/C14H19N3O2.ClH/c18-17(19)13-4-2-1-3-12(13)9-16-8-6-14(11-16)5-7-15-10-14;/h1-4,15H,5-11H2;1H. The van der Waals surface area contributed by atoms with Gasteiger partial charge in [0.15, 0.2) is 0 Å². The minimum Gasteiger partial charge on any atom is -0.316 e. The number of nitro benzene ring substituents is 1. The molecule has 0 saturated carbocycles. The Balaban J connectivity index is 0.00000147. The molecule has 0 bridgehead atoms. The van der Waals surface area contributed by atoms with Gasteiger partial charge in [-0.15, -0.1) is 12.4 Å². The Morgan fingerprint density at radius 1 is 1.35 bits per heavy atom. The summed E-state index contributed by atoms with van der Waals surface area (Å²) in [7, 11) is 0. The minimum absolute atomic E-state index is 0. The number of halogens is 1. The van der Waals surface area contributed by atoms with Gasteiger partial charge < -0.3 is 5.32 Å². The first-order valence-corrected chi connectivity index (χ1v) is 6.84. The van der Waals surface area contributed by atoms with Crippen molar-refractivity contribution in [1.29, 1.82) is 0 Å². The third kappa shape index (κ3) is 2.95. The summed E-state index contributed by atoms with van der Waals surface area (Å²) in [6.07, 6.45) is 2.45. The molecule has 0 aromatic heterocycles. The maximum Gasteiger partial charge on any atom is 0.273 e. The fourth-order valence-corrected chi connectivity index (χ4v) is 3.37. The van der Waals surface area contributed by atoms with E-state index in [9.17, 15) is 10.1 Å². The maximum absolute atomic E-state index is 11.0. The molecule has 110 valence electrons. The van der Waals surface area contributed by atoms with E-state index < -0.39 is 0 Å². The van der Waals surface area contributed by atoms with Crippen molar-refractivity contribution in [3.8, 4) is 0 Å². The van der Waals surface area contributed by atoms with Crippen LogP contribution in [0.4, 0.5) is 5.69 Å². The molecule has 2 aliphatic rings. The van der Waals surface area contributed by atoms with E-state index in [1.165, 1.54) is 12.8 Å². The van der Waals surface area contributed by atoms with Crippen LogP contribution in [0.15, 0.2) is 24.3 Å². The van der Waals surface area contributed by atoms with Crippen LogP contribution in [0.2, 0.25) is 0 Å². The molecule has 3 rings (SSSR count). The van der Waals surface area contributed by atoms with Crippen LogP contribution in [0.5, 0.6) is 0 Å². The largest absolute Gasteiger partial charge is 0.316 e. The number of hydrogen-bond donors (Lipinski definition) is 1. The van der Waals surface area contributed by atoms with Gasteiger partial charge in [0.1, 0.15) is 0 Å². The second-order valence-corrected chi connectivity index (χ2v) is 5.77. The second-order valence-electron chi connectivity index (χ2n) is 5.77. The normalized spacial score (nSPS) is 25.8. The number of para-hydroxylation sites is 1. The van der Waals surface area contributed by atoms with Crippen molar-refractivity contribution in [2.75, 3.05) is 26.2 Å². The SMILES string of the molecule is Cl.O=[N+]([O-])c1ccccc1CN1CCC2(CCNC2)C1. The summed E-state index contributed by atoms with van der Waals surface area (Å²) in [5.74, 6) is 0. The van der Waals surface area contributed by atoms with E-state index in [1.807, 2.05) is 12.1 Å². The zero-order valence-corrected chi connectivity index (χ0v) is 12.2. The van der Waals surface area contributed by atoms with Gasteiger partial charge in [-0.2, -0.15) is 0 Å². The van der Waals surface area contributed by atoms with Gasteiger partial charge in [-0.3, -0.25) is 15.0 Å². The molecule has 1 unspecified atom stereocenters. The van der Waals surface area contributed by atoms with Gasteiger partial charge in [0.25, 0.3) is 5.69 Å². The van der Waals surface area contributed by atoms with Crippen molar-refractivity contribution < 1.29 is 4.92 Å². The van der Waals surface area contributed by atoms with Crippen molar-refractivity contribution in [3.63, 3.8) is 0 Å². The number of benzene rings is 1. The van der Waals surface area contributed by atoms with E-state index in [1.54, 1.807) is 12.1 Å². The predicted molar refractivity (Wildman–Crippen MR) is 80.2 cm³/mol. The molecule has 0 aliphatic carbocycles. The summed E-state index contributed by atoms with van der Waals surface area (Å²) in [6, 6.07) is 7.08. The first-order valence-electron chi connectivity index (χ1n) is 6.84. The molecule has 0 radical (unpaired) electrons. The average molecular weight is 298 g/mol. The van der Waals surface area contributed by atoms with E-state index in [-0.39, 0.29) is 23.0 Å². The summed E-state index contributed by atoms with van der Waals surface area (Å²) < 4.78 is 0. The highest BCUT2D eigenvalue weighted by atomic mass is 35.5. The molecule has 1 atom stereocenters. The molecule has 1 aromatic rings. The third-order valence-electron chi connectivity index (χ3n) is 4.43. The lowest BCUT2D eigenvalue weighted by molar-refractivity contribution is -0.385. The smallest absolute Gasteiger partial charge is 0.273 e. The van der Waals surface area contributed by atoms with Gasteiger partial charge in [0.2, 0.25) is 0 Å². The van der Waals surface area contributed by atoms with Gasteiger partial charge >= 0.3 is 0 Å². The number of likely N-dealkylation sites (tertiary alicyclic amines) is 1. The van der Waals surface area contributed by atoms with E-state index in [4.69, 9.17) is 0 Å². The fourth-order valence-electron chi connectivity index (χ4n) is 3.37. The topological polar surface area (TPSA) is 58.4 Å². The molecule has 6 heteroatoms. The Bertz CT molecular complexity index is 489. The fraction of sp³-hybridized carbons (Fsp3) is 0.571. The third-order valence-corrected chi connectivity index (χ3v) is 4.43. The van der Waals surface area contributed by atoms with Crippen molar-refractivity contribution in [1.82, 2.24) is 10.2 Å². The Morgan fingerprint density at radius 2 is 2.15 bits per heavy atom. The van der Waals surface area contributed by atoms with Crippen LogP contribution in [-0.2, 0) is 6.54 Å². The summed E-state index contributed by atoms with van der Waals surface area (Å²) in [5, 5.41) is 14.5. The second kappa shape index (κ2) is 6.08. The Morgan fingerprint density at radius 3 is 2.85 bits per heavy atom. The zero-order valence-electron chi connectivity index (χ0n) is 11.4. The van der Waals surface area contributed by atoms with Gasteiger partial charge in [0.05, 0.1) is 4.92 Å². The number of nitro groups is 1. The maximum atomic E-state index is 11.0. The number of hydrogen-bond acceptors (Lipinski definition) is 4. The van der Waals surface area contributed by atoms with E-state index in [2.05, 4.69) is 10.2 Å². The molecule has 2 aliphatic heterocycles. The van der Waals surface area contributed by atoms with Gasteiger partial charge in [0, 0.05) is 31.3 Å². The molecular formula is C14H20ClN3O2. The molecule has 1 spiro atoms. The number of nitrogens with one attached hydrogen (secondary N) is 1. The van der Waals surface area contributed by atoms with Gasteiger partial charge in [-0.1, -0.05) is 18.2 Å². The van der Waals surface area contributed by atoms with Crippen LogP contribution in [0.1, 0.15) is 18.4 Å². The average Bonchev–Trinajstić information content (AvgIpc) is 3.01. The molecule has 5 nitrogen and oxygen atoms in total. The van der Waals surface area contributed by atoms with Crippen LogP contribution < -0.4 is 5.32 Å². The lowest BCUT2D eigenvalue weighted by Crippen LogP contribution is -2.29. The van der Waals surface area contributed by atoms with Gasteiger partial charge in [-0.05, 0) is 31.3 Å². The van der Waals surface area contributed by atoms with Crippen LogP contribution in [0.3, 0.4) is 0 Å². The molecule has 1 N–H and O–H groups in total. The minimum atomic E-state index is -0.279. The van der Waals surface area contributed by atoms with Crippen LogP contribution in [-0.4, -0.2) is 36.0 Å². The van der Waals surface area contributed by atoms with Crippen molar-refractivity contribution in [2.24, 2.45) is 5.41 Å². The molecule has 2 saturated heterocycles. The molecule has 0 amide bonds. The predicted octanol–water partition coefficient (Wildman–Crippen LogP) is 2.20. The monoisotopic (exact) mass is 297 g/mol. The van der Waals surface area contributed by atoms with Crippen molar-refractivity contribution in [2.45, 2.75) is 19.4 Å².